The first kappa shape index (κ1) is 18.1. The Balaban J connectivity index is 2.00. The molecular weight excluding hydrogens is 320 g/mol. The highest BCUT2D eigenvalue weighted by Gasteiger charge is 2.06. The van der Waals surface area contributed by atoms with E-state index >= 15 is 0 Å². The van der Waals surface area contributed by atoms with Crippen LogP contribution in [0.3, 0.4) is 0 Å². The number of aliphatic imine (C=N–C) groups is 1. The molecule has 0 fully saturated rings. The van der Waals surface area contributed by atoms with Crippen LogP contribution in [0.4, 0.5) is 5.69 Å². The standard InChI is InChI=1S/C18H22N4O3/c1-20-18(21-11-12-4-6-13(7-5-12)17(19)23)22-14-8-9-15(24-2)16(10-14)25-3/h4-10H,11H2,1-3H3,(H2,19,23)(H2,20,21,22). The number of carbonyl (C=O) groups excluding carboxylic acids is 1. The maximum Gasteiger partial charge on any atom is 0.248 e. The zero-order valence-corrected chi connectivity index (χ0v) is 14.5. The van der Waals surface area contributed by atoms with Crippen molar-refractivity contribution in [3.05, 3.63) is 53.6 Å². The number of nitrogens with zero attached hydrogens (tertiary/aromatic N) is 1. The second-order valence-electron chi connectivity index (χ2n) is 5.18. The summed E-state index contributed by atoms with van der Waals surface area (Å²) in [4.78, 5) is 15.3. The van der Waals surface area contributed by atoms with Gasteiger partial charge in [-0.3, -0.25) is 9.79 Å². The van der Waals surface area contributed by atoms with Crippen LogP contribution in [-0.2, 0) is 6.54 Å². The molecule has 2 aromatic carbocycles. The molecule has 0 spiro atoms. The van der Waals surface area contributed by atoms with Gasteiger partial charge in [-0.2, -0.15) is 0 Å². The number of methoxy groups -OCH3 is 2. The van der Waals surface area contributed by atoms with Crippen LogP contribution in [0, 0.1) is 0 Å². The minimum atomic E-state index is -0.439. The van der Waals surface area contributed by atoms with E-state index in [1.54, 1.807) is 33.4 Å². The summed E-state index contributed by atoms with van der Waals surface area (Å²) in [5.74, 6) is 1.45. The Bertz CT molecular complexity index is 757. The molecule has 0 atom stereocenters. The second kappa shape index (κ2) is 8.58. The quantitative estimate of drug-likeness (QED) is 0.551. The van der Waals surface area contributed by atoms with Gasteiger partial charge in [0.25, 0.3) is 0 Å². The fraction of sp³-hybridized carbons (Fsp3) is 0.222. The lowest BCUT2D eigenvalue weighted by Gasteiger charge is -2.14. The number of guanidine groups is 1. The lowest BCUT2D eigenvalue weighted by atomic mass is 10.1. The largest absolute Gasteiger partial charge is 0.493 e. The van der Waals surface area contributed by atoms with Gasteiger partial charge >= 0.3 is 0 Å². The number of carbonyl (C=O) groups is 1. The molecule has 0 heterocycles. The number of hydrogen-bond donors (Lipinski definition) is 3. The SMILES string of the molecule is CN=C(NCc1ccc(C(N)=O)cc1)Nc1ccc(OC)c(OC)c1. The Labute approximate surface area is 146 Å². The van der Waals surface area contributed by atoms with Gasteiger partial charge in [-0.05, 0) is 29.8 Å². The molecule has 2 aromatic rings. The molecule has 0 aliphatic carbocycles. The predicted molar refractivity (Wildman–Crippen MR) is 98.3 cm³/mol. The third-order valence-electron chi connectivity index (χ3n) is 3.57. The van der Waals surface area contributed by atoms with Crippen molar-refractivity contribution in [1.29, 1.82) is 0 Å². The molecule has 0 aromatic heterocycles. The van der Waals surface area contributed by atoms with Crippen LogP contribution >= 0.6 is 0 Å². The van der Waals surface area contributed by atoms with Gasteiger partial charge in [-0.1, -0.05) is 12.1 Å². The average Bonchev–Trinajstić information content (AvgIpc) is 2.65. The van der Waals surface area contributed by atoms with Gasteiger partial charge in [0.1, 0.15) is 0 Å². The number of ether oxygens (including phenoxy) is 2. The minimum Gasteiger partial charge on any atom is -0.493 e. The van der Waals surface area contributed by atoms with Gasteiger partial charge in [-0.25, -0.2) is 0 Å². The summed E-state index contributed by atoms with van der Waals surface area (Å²) >= 11 is 0. The molecule has 0 saturated heterocycles. The minimum absolute atomic E-state index is 0.439. The van der Waals surface area contributed by atoms with Gasteiger partial charge in [0, 0.05) is 30.9 Å². The van der Waals surface area contributed by atoms with Crippen LogP contribution in [0.5, 0.6) is 11.5 Å². The van der Waals surface area contributed by atoms with Gasteiger partial charge in [0.15, 0.2) is 17.5 Å². The topological polar surface area (TPSA) is 98.0 Å². The molecule has 0 radical (unpaired) electrons. The smallest absolute Gasteiger partial charge is 0.248 e. The van der Waals surface area contributed by atoms with Crippen molar-refractivity contribution in [2.75, 3.05) is 26.6 Å². The Morgan fingerprint density at radius 3 is 2.32 bits per heavy atom. The highest BCUT2D eigenvalue weighted by molar-refractivity contribution is 5.94. The number of hydrogen-bond acceptors (Lipinski definition) is 4. The summed E-state index contributed by atoms with van der Waals surface area (Å²) in [6.45, 7) is 0.548. The van der Waals surface area contributed by atoms with E-state index in [4.69, 9.17) is 15.2 Å². The fourth-order valence-electron chi connectivity index (χ4n) is 2.20. The highest BCUT2D eigenvalue weighted by Crippen LogP contribution is 2.29. The van der Waals surface area contributed by atoms with Crippen LogP contribution in [-0.4, -0.2) is 33.1 Å². The number of nitrogens with one attached hydrogen (secondary N) is 2. The molecule has 25 heavy (non-hydrogen) atoms. The van der Waals surface area contributed by atoms with Crippen molar-refractivity contribution >= 4 is 17.6 Å². The monoisotopic (exact) mass is 342 g/mol. The Morgan fingerprint density at radius 2 is 1.76 bits per heavy atom. The third kappa shape index (κ3) is 4.87. The van der Waals surface area contributed by atoms with Crippen molar-refractivity contribution in [3.8, 4) is 11.5 Å². The van der Waals surface area contributed by atoms with Gasteiger partial charge < -0.3 is 25.8 Å². The molecule has 0 unspecified atom stereocenters. The van der Waals surface area contributed by atoms with Crippen LogP contribution in [0.1, 0.15) is 15.9 Å². The molecule has 7 heteroatoms. The third-order valence-corrected chi connectivity index (χ3v) is 3.57. The maximum atomic E-state index is 11.1. The van der Waals surface area contributed by atoms with Crippen molar-refractivity contribution in [2.24, 2.45) is 10.7 Å². The van der Waals surface area contributed by atoms with Crippen molar-refractivity contribution in [1.82, 2.24) is 5.32 Å². The van der Waals surface area contributed by atoms with E-state index in [9.17, 15) is 4.79 Å². The number of rotatable bonds is 6. The van der Waals surface area contributed by atoms with E-state index in [1.807, 2.05) is 30.3 Å². The van der Waals surface area contributed by atoms with Crippen LogP contribution in [0.2, 0.25) is 0 Å². The first-order valence-corrected chi connectivity index (χ1v) is 7.65. The predicted octanol–water partition coefficient (Wildman–Crippen LogP) is 1.99. The van der Waals surface area contributed by atoms with Gasteiger partial charge in [0.2, 0.25) is 5.91 Å². The zero-order chi connectivity index (χ0) is 18.2. The summed E-state index contributed by atoms with van der Waals surface area (Å²) in [5, 5.41) is 6.38. The molecule has 2 rings (SSSR count). The molecule has 1 amide bonds. The van der Waals surface area contributed by atoms with Crippen molar-refractivity contribution < 1.29 is 14.3 Å². The Kier molecular flexibility index (Phi) is 6.22. The summed E-state index contributed by atoms with van der Waals surface area (Å²) in [6, 6.07) is 12.6. The van der Waals surface area contributed by atoms with Crippen LogP contribution in [0.15, 0.2) is 47.5 Å². The van der Waals surface area contributed by atoms with Gasteiger partial charge in [-0.15, -0.1) is 0 Å². The molecule has 4 N–H and O–H groups in total. The number of benzene rings is 2. The molecular formula is C18H22N4O3. The lowest BCUT2D eigenvalue weighted by Crippen LogP contribution is -2.30. The lowest BCUT2D eigenvalue weighted by molar-refractivity contribution is 0.100. The molecule has 7 nitrogen and oxygen atoms in total. The fourth-order valence-corrected chi connectivity index (χ4v) is 2.20. The van der Waals surface area contributed by atoms with E-state index in [-0.39, 0.29) is 0 Å². The number of anilines is 1. The first-order chi connectivity index (χ1) is 12.1. The second-order valence-corrected chi connectivity index (χ2v) is 5.18. The number of primary amides is 1. The molecule has 132 valence electrons. The normalized spacial score (nSPS) is 10.9. The van der Waals surface area contributed by atoms with Gasteiger partial charge in [0.05, 0.1) is 14.2 Å². The molecule has 0 aliphatic heterocycles. The number of amides is 1. The Hall–Kier alpha value is -3.22. The molecule has 0 bridgehead atoms. The van der Waals surface area contributed by atoms with E-state index in [0.717, 1.165) is 11.3 Å². The zero-order valence-electron chi connectivity index (χ0n) is 14.5. The average molecular weight is 342 g/mol. The summed E-state index contributed by atoms with van der Waals surface area (Å²) in [7, 11) is 4.87. The summed E-state index contributed by atoms with van der Waals surface area (Å²) in [6.07, 6.45) is 0. The summed E-state index contributed by atoms with van der Waals surface area (Å²) in [5.41, 5.74) is 7.53. The van der Waals surface area contributed by atoms with E-state index < -0.39 is 5.91 Å². The van der Waals surface area contributed by atoms with Crippen LogP contribution < -0.4 is 25.8 Å². The molecule has 0 saturated carbocycles. The Morgan fingerprint density at radius 1 is 1.08 bits per heavy atom. The van der Waals surface area contributed by atoms with E-state index in [1.165, 1.54) is 0 Å². The van der Waals surface area contributed by atoms with E-state index in [2.05, 4.69) is 15.6 Å². The summed E-state index contributed by atoms with van der Waals surface area (Å²) < 4.78 is 10.5. The first-order valence-electron chi connectivity index (χ1n) is 7.65. The maximum absolute atomic E-state index is 11.1. The van der Waals surface area contributed by atoms with E-state index in [0.29, 0.717) is 29.6 Å². The number of nitrogens with two attached hydrogens (primary N) is 1. The van der Waals surface area contributed by atoms with Crippen LogP contribution in [0.25, 0.3) is 0 Å². The molecule has 0 aliphatic rings. The van der Waals surface area contributed by atoms with Crippen molar-refractivity contribution in [3.63, 3.8) is 0 Å². The van der Waals surface area contributed by atoms with Crippen molar-refractivity contribution in [2.45, 2.75) is 6.54 Å². The highest BCUT2D eigenvalue weighted by atomic mass is 16.5.